The summed E-state index contributed by atoms with van der Waals surface area (Å²) in [5.74, 6) is 0.412. The number of para-hydroxylation sites is 1. The second-order valence-electron chi connectivity index (χ2n) is 8.04. The van der Waals surface area contributed by atoms with Crippen molar-refractivity contribution < 1.29 is 14.3 Å². The number of hydrogen-bond acceptors (Lipinski definition) is 3. The van der Waals surface area contributed by atoms with Gasteiger partial charge in [-0.3, -0.25) is 9.59 Å². The Bertz CT molecular complexity index is 1080. The third-order valence-electron chi connectivity index (χ3n) is 5.95. The fourth-order valence-electron chi connectivity index (χ4n) is 4.27. The Balaban J connectivity index is 1.52. The lowest BCUT2D eigenvalue weighted by Gasteiger charge is -2.24. The molecule has 0 aliphatic carbocycles. The van der Waals surface area contributed by atoms with Gasteiger partial charge in [-0.1, -0.05) is 72.8 Å². The second kappa shape index (κ2) is 10.1. The maximum atomic E-state index is 13.1. The number of rotatable bonds is 6. The Morgan fingerprint density at radius 3 is 2.44 bits per heavy atom. The molecule has 5 nitrogen and oxygen atoms in total. The summed E-state index contributed by atoms with van der Waals surface area (Å²) in [4.78, 5) is 27.7. The summed E-state index contributed by atoms with van der Waals surface area (Å²) < 4.78 is 5.39. The quantitative estimate of drug-likeness (QED) is 0.651. The minimum absolute atomic E-state index is 0.000423. The molecule has 0 aromatic heterocycles. The average Bonchev–Trinajstić information content (AvgIpc) is 3.02. The summed E-state index contributed by atoms with van der Waals surface area (Å²) >= 11 is 0. The molecule has 1 heterocycles. The molecule has 0 spiro atoms. The number of hydrogen-bond donors (Lipinski definition) is 1. The SMILES string of the molecule is COc1ccccc1CC(=O)N1CCNC(=O)C(Cc2ccccc2-c2ccccc2)C1. The van der Waals surface area contributed by atoms with Crippen molar-refractivity contribution in [2.75, 3.05) is 26.7 Å². The number of nitrogens with one attached hydrogen (secondary N) is 1. The van der Waals surface area contributed by atoms with E-state index in [0.29, 0.717) is 31.8 Å². The molecular formula is C27H28N2O3. The maximum Gasteiger partial charge on any atom is 0.227 e. The lowest BCUT2D eigenvalue weighted by atomic mass is 9.91. The van der Waals surface area contributed by atoms with E-state index in [4.69, 9.17) is 4.74 Å². The minimum atomic E-state index is -0.302. The van der Waals surface area contributed by atoms with Crippen LogP contribution < -0.4 is 10.1 Å². The monoisotopic (exact) mass is 428 g/mol. The smallest absolute Gasteiger partial charge is 0.227 e. The first-order chi connectivity index (χ1) is 15.7. The van der Waals surface area contributed by atoms with Crippen LogP contribution in [0, 0.1) is 5.92 Å². The van der Waals surface area contributed by atoms with E-state index in [-0.39, 0.29) is 24.2 Å². The molecule has 1 fully saturated rings. The van der Waals surface area contributed by atoms with Crippen LogP contribution in [0.2, 0.25) is 0 Å². The molecule has 0 radical (unpaired) electrons. The number of benzene rings is 3. The molecule has 0 bridgehead atoms. The molecule has 32 heavy (non-hydrogen) atoms. The highest BCUT2D eigenvalue weighted by Crippen LogP contribution is 2.26. The van der Waals surface area contributed by atoms with E-state index in [1.54, 1.807) is 12.0 Å². The van der Waals surface area contributed by atoms with Gasteiger partial charge in [0.25, 0.3) is 0 Å². The van der Waals surface area contributed by atoms with Crippen LogP contribution in [0.15, 0.2) is 78.9 Å². The number of carbonyl (C=O) groups excluding carboxylic acids is 2. The Labute approximate surface area is 189 Å². The summed E-state index contributed by atoms with van der Waals surface area (Å²) in [7, 11) is 1.61. The largest absolute Gasteiger partial charge is 0.496 e. The first kappa shape index (κ1) is 21.6. The van der Waals surface area contributed by atoms with Crippen molar-refractivity contribution >= 4 is 11.8 Å². The molecule has 2 amide bonds. The highest BCUT2D eigenvalue weighted by molar-refractivity contribution is 5.83. The highest BCUT2D eigenvalue weighted by Gasteiger charge is 2.28. The van der Waals surface area contributed by atoms with Crippen LogP contribution in [0.1, 0.15) is 11.1 Å². The van der Waals surface area contributed by atoms with Crippen molar-refractivity contribution in [2.45, 2.75) is 12.8 Å². The van der Waals surface area contributed by atoms with Gasteiger partial charge in [0.15, 0.2) is 0 Å². The van der Waals surface area contributed by atoms with Crippen molar-refractivity contribution in [2.24, 2.45) is 5.92 Å². The van der Waals surface area contributed by atoms with Crippen molar-refractivity contribution in [1.82, 2.24) is 10.2 Å². The summed E-state index contributed by atoms with van der Waals surface area (Å²) in [6.07, 6.45) is 0.834. The van der Waals surface area contributed by atoms with Gasteiger partial charge in [0.2, 0.25) is 11.8 Å². The van der Waals surface area contributed by atoms with Crippen molar-refractivity contribution in [1.29, 1.82) is 0 Å². The number of amides is 2. The molecule has 1 aliphatic rings. The van der Waals surface area contributed by atoms with Gasteiger partial charge in [-0.2, -0.15) is 0 Å². The molecule has 1 N–H and O–H groups in total. The first-order valence-electron chi connectivity index (χ1n) is 11.0. The number of methoxy groups -OCH3 is 1. The summed E-state index contributed by atoms with van der Waals surface area (Å²) in [6.45, 7) is 1.38. The van der Waals surface area contributed by atoms with E-state index in [9.17, 15) is 9.59 Å². The van der Waals surface area contributed by atoms with E-state index in [1.165, 1.54) is 0 Å². The molecule has 1 saturated heterocycles. The van der Waals surface area contributed by atoms with Crippen LogP contribution in [0.5, 0.6) is 5.75 Å². The van der Waals surface area contributed by atoms with E-state index < -0.39 is 0 Å². The minimum Gasteiger partial charge on any atom is -0.496 e. The van der Waals surface area contributed by atoms with E-state index in [1.807, 2.05) is 54.6 Å². The van der Waals surface area contributed by atoms with E-state index in [2.05, 4.69) is 29.6 Å². The van der Waals surface area contributed by atoms with Crippen LogP contribution >= 0.6 is 0 Å². The topological polar surface area (TPSA) is 58.6 Å². The van der Waals surface area contributed by atoms with Gasteiger partial charge >= 0.3 is 0 Å². The summed E-state index contributed by atoms with van der Waals surface area (Å²) in [5, 5.41) is 2.99. The van der Waals surface area contributed by atoms with Gasteiger partial charge in [-0.05, 0) is 29.2 Å². The van der Waals surface area contributed by atoms with Crippen LogP contribution in [0.4, 0.5) is 0 Å². The predicted molar refractivity (Wildman–Crippen MR) is 125 cm³/mol. The predicted octanol–water partition coefficient (Wildman–Crippen LogP) is 3.72. The van der Waals surface area contributed by atoms with Crippen LogP contribution in [-0.4, -0.2) is 43.5 Å². The summed E-state index contributed by atoms with van der Waals surface area (Å²) in [5.41, 5.74) is 4.21. The van der Waals surface area contributed by atoms with E-state index >= 15 is 0 Å². The molecule has 0 saturated carbocycles. The molecule has 1 atom stereocenters. The van der Waals surface area contributed by atoms with Crippen LogP contribution in [-0.2, 0) is 22.4 Å². The Kier molecular flexibility index (Phi) is 6.85. The second-order valence-corrected chi connectivity index (χ2v) is 8.04. The molecule has 1 unspecified atom stereocenters. The zero-order valence-electron chi connectivity index (χ0n) is 18.3. The maximum absolute atomic E-state index is 13.1. The standard InChI is InChI=1S/C27H28N2O3/c1-32-25-14-8-6-12-22(25)18-26(30)29-16-15-28-27(31)23(19-29)17-21-11-5-7-13-24(21)20-9-3-2-4-10-20/h2-14,23H,15-19H2,1H3,(H,28,31). The van der Waals surface area contributed by atoms with E-state index in [0.717, 1.165) is 22.3 Å². The fourth-order valence-corrected chi connectivity index (χ4v) is 4.27. The molecule has 3 aromatic rings. The van der Waals surface area contributed by atoms with Gasteiger partial charge in [-0.15, -0.1) is 0 Å². The van der Waals surface area contributed by atoms with Gasteiger partial charge in [0.05, 0.1) is 19.4 Å². The van der Waals surface area contributed by atoms with Gasteiger partial charge in [-0.25, -0.2) is 0 Å². The lowest BCUT2D eigenvalue weighted by molar-refractivity contribution is -0.131. The Hall–Kier alpha value is -3.60. The molecule has 4 rings (SSSR count). The zero-order valence-corrected chi connectivity index (χ0v) is 18.3. The van der Waals surface area contributed by atoms with Crippen molar-refractivity contribution in [3.05, 3.63) is 90.0 Å². The number of nitrogens with zero attached hydrogens (tertiary/aromatic N) is 1. The highest BCUT2D eigenvalue weighted by atomic mass is 16.5. The lowest BCUT2D eigenvalue weighted by Crippen LogP contribution is -2.38. The zero-order chi connectivity index (χ0) is 22.3. The van der Waals surface area contributed by atoms with Crippen LogP contribution in [0.25, 0.3) is 11.1 Å². The first-order valence-corrected chi connectivity index (χ1v) is 11.0. The number of ether oxygens (including phenoxy) is 1. The molecular weight excluding hydrogens is 400 g/mol. The molecule has 3 aromatic carbocycles. The Morgan fingerprint density at radius 2 is 1.66 bits per heavy atom. The summed E-state index contributed by atoms with van der Waals surface area (Å²) in [6, 6.07) is 25.9. The molecule has 164 valence electrons. The number of carbonyl (C=O) groups is 2. The van der Waals surface area contributed by atoms with Gasteiger partial charge in [0.1, 0.15) is 5.75 Å². The third kappa shape index (κ3) is 4.99. The average molecular weight is 429 g/mol. The van der Waals surface area contributed by atoms with Gasteiger partial charge in [0, 0.05) is 25.2 Å². The molecule has 5 heteroatoms. The van der Waals surface area contributed by atoms with Gasteiger partial charge < -0.3 is 15.0 Å². The van der Waals surface area contributed by atoms with Crippen molar-refractivity contribution in [3.8, 4) is 16.9 Å². The van der Waals surface area contributed by atoms with Crippen molar-refractivity contribution in [3.63, 3.8) is 0 Å². The Morgan fingerprint density at radius 1 is 0.969 bits per heavy atom. The normalized spacial score (nSPS) is 16.2. The molecule has 1 aliphatic heterocycles. The third-order valence-corrected chi connectivity index (χ3v) is 5.95. The van der Waals surface area contributed by atoms with Crippen LogP contribution in [0.3, 0.4) is 0 Å². The fraction of sp³-hybridized carbons (Fsp3) is 0.259.